The van der Waals surface area contributed by atoms with Gasteiger partial charge in [-0.2, -0.15) is 10.2 Å². The summed E-state index contributed by atoms with van der Waals surface area (Å²) in [5, 5.41) is 8.25. The Morgan fingerprint density at radius 3 is 2.90 bits per heavy atom. The van der Waals surface area contributed by atoms with E-state index in [0.29, 0.717) is 0 Å². The molecule has 3 rings (SSSR count). The van der Waals surface area contributed by atoms with Crippen molar-refractivity contribution in [2.75, 3.05) is 6.61 Å². The van der Waals surface area contributed by atoms with Crippen LogP contribution in [0.4, 0.5) is 0 Å². The molecule has 0 bridgehead atoms. The van der Waals surface area contributed by atoms with Gasteiger partial charge in [-0.3, -0.25) is 4.79 Å². The molecule has 1 aromatic heterocycles. The Morgan fingerprint density at radius 1 is 1.45 bits per heavy atom. The standard InChI is InChI=1S/C16H22N2O2/c1-3-14-13(9-11(2)17-18-14)15(19)12-5-8-20-16(10-12)6-4-7-16/h9,12H,3-8,10H2,1-2H3. The Labute approximate surface area is 119 Å². The highest BCUT2D eigenvalue weighted by Crippen LogP contribution is 2.44. The van der Waals surface area contributed by atoms with Crippen LogP contribution >= 0.6 is 0 Å². The average Bonchev–Trinajstić information content (AvgIpc) is 2.45. The summed E-state index contributed by atoms with van der Waals surface area (Å²) in [7, 11) is 0. The molecule has 0 radical (unpaired) electrons. The van der Waals surface area contributed by atoms with Crippen LogP contribution in [0.25, 0.3) is 0 Å². The van der Waals surface area contributed by atoms with Gasteiger partial charge in [0.1, 0.15) is 0 Å². The summed E-state index contributed by atoms with van der Waals surface area (Å²) in [4.78, 5) is 12.8. The van der Waals surface area contributed by atoms with Gasteiger partial charge in [-0.25, -0.2) is 0 Å². The van der Waals surface area contributed by atoms with Gasteiger partial charge in [-0.15, -0.1) is 0 Å². The van der Waals surface area contributed by atoms with Gasteiger partial charge < -0.3 is 4.74 Å². The molecule has 2 heterocycles. The highest BCUT2D eigenvalue weighted by atomic mass is 16.5. The first-order chi connectivity index (χ1) is 9.63. The third-order valence-corrected chi connectivity index (χ3v) is 4.72. The van der Waals surface area contributed by atoms with Crippen LogP contribution in [0.15, 0.2) is 6.07 Å². The van der Waals surface area contributed by atoms with Gasteiger partial charge in [0.25, 0.3) is 0 Å². The zero-order chi connectivity index (χ0) is 14.2. The number of carbonyl (C=O) groups excluding carboxylic acids is 1. The highest BCUT2D eigenvalue weighted by Gasteiger charge is 2.44. The summed E-state index contributed by atoms with van der Waals surface area (Å²) in [6.07, 6.45) is 5.94. The molecule has 0 N–H and O–H groups in total. The first-order valence-electron chi connectivity index (χ1n) is 7.65. The third-order valence-electron chi connectivity index (χ3n) is 4.72. The molecule has 1 unspecified atom stereocenters. The molecule has 1 spiro atoms. The first kappa shape index (κ1) is 13.7. The topological polar surface area (TPSA) is 52.1 Å². The third kappa shape index (κ3) is 2.37. The van der Waals surface area contributed by atoms with Crippen LogP contribution in [-0.2, 0) is 11.2 Å². The molecule has 1 aliphatic heterocycles. The van der Waals surface area contributed by atoms with E-state index in [-0.39, 0.29) is 17.3 Å². The van der Waals surface area contributed by atoms with E-state index < -0.39 is 0 Å². The van der Waals surface area contributed by atoms with Gasteiger partial charge in [0.05, 0.1) is 17.0 Å². The van der Waals surface area contributed by atoms with Crippen LogP contribution in [0.5, 0.6) is 0 Å². The molecule has 1 aliphatic carbocycles. The molecule has 1 saturated heterocycles. The zero-order valence-corrected chi connectivity index (χ0v) is 12.3. The lowest BCUT2D eigenvalue weighted by Gasteiger charge is -2.46. The van der Waals surface area contributed by atoms with Gasteiger partial charge in [0, 0.05) is 18.1 Å². The molecular weight excluding hydrogens is 252 g/mol. The van der Waals surface area contributed by atoms with Gasteiger partial charge in [-0.1, -0.05) is 6.92 Å². The van der Waals surface area contributed by atoms with Crippen molar-refractivity contribution in [1.29, 1.82) is 0 Å². The van der Waals surface area contributed by atoms with Crippen LogP contribution in [0.3, 0.4) is 0 Å². The monoisotopic (exact) mass is 274 g/mol. The molecule has 2 fully saturated rings. The van der Waals surface area contributed by atoms with Crippen molar-refractivity contribution in [3.8, 4) is 0 Å². The Bertz CT molecular complexity index is 523. The van der Waals surface area contributed by atoms with E-state index in [1.807, 2.05) is 19.9 Å². The lowest BCUT2D eigenvalue weighted by molar-refractivity contribution is -0.137. The minimum Gasteiger partial charge on any atom is -0.375 e. The van der Waals surface area contributed by atoms with Crippen molar-refractivity contribution in [2.45, 2.75) is 58.0 Å². The molecule has 2 aliphatic rings. The quantitative estimate of drug-likeness (QED) is 0.795. The summed E-state index contributed by atoms with van der Waals surface area (Å²) in [5.41, 5.74) is 2.44. The number of ether oxygens (including phenoxy) is 1. The lowest BCUT2D eigenvalue weighted by Crippen LogP contribution is -2.47. The number of ketones is 1. The van der Waals surface area contributed by atoms with Gasteiger partial charge in [0.2, 0.25) is 0 Å². The van der Waals surface area contributed by atoms with E-state index in [1.54, 1.807) is 0 Å². The molecule has 4 heteroatoms. The lowest BCUT2D eigenvalue weighted by atomic mass is 9.70. The maximum atomic E-state index is 12.8. The maximum Gasteiger partial charge on any atom is 0.168 e. The van der Waals surface area contributed by atoms with Crippen molar-refractivity contribution in [1.82, 2.24) is 10.2 Å². The van der Waals surface area contributed by atoms with Crippen LogP contribution < -0.4 is 0 Å². The number of hydrogen-bond acceptors (Lipinski definition) is 4. The van der Waals surface area contributed by atoms with Crippen LogP contribution in [0, 0.1) is 12.8 Å². The Morgan fingerprint density at radius 2 is 2.25 bits per heavy atom. The van der Waals surface area contributed by atoms with Crippen molar-refractivity contribution in [3.63, 3.8) is 0 Å². The fourth-order valence-corrected chi connectivity index (χ4v) is 3.38. The minimum absolute atomic E-state index is 0.0143. The molecule has 1 atom stereocenters. The number of carbonyl (C=O) groups is 1. The molecule has 0 aromatic carbocycles. The zero-order valence-electron chi connectivity index (χ0n) is 12.3. The van der Waals surface area contributed by atoms with Crippen LogP contribution in [-0.4, -0.2) is 28.2 Å². The summed E-state index contributed by atoms with van der Waals surface area (Å²) in [6, 6.07) is 1.90. The number of aromatic nitrogens is 2. The number of nitrogens with zero attached hydrogens (tertiary/aromatic N) is 2. The second kappa shape index (κ2) is 5.24. The second-order valence-corrected chi connectivity index (χ2v) is 6.14. The highest BCUT2D eigenvalue weighted by molar-refractivity contribution is 5.99. The van der Waals surface area contributed by atoms with Gasteiger partial charge in [-0.05, 0) is 51.5 Å². The van der Waals surface area contributed by atoms with Crippen LogP contribution in [0.1, 0.15) is 60.8 Å². The van der Waals surface area contributed by atoms with Crippen molar-refractivity contribution < 1.29 is 9.53 Å². The summed E-state index contributed by atoms with van der Waals surface area (Å²) in [5.74, 6) is 0.340. The molecule has 0 amide bonds. The van der Waals surface area contributed by atoms with Crippen molar-refractivity contribution in [2.24, 2.45) is 5.92 Å². The molecule has 108 valence electrons. The maximum absolute atomic E-state index is 12.8. The molecule has 20 heavy (non-hydrogen) atoms. The van der Waals surface area contributed by atoms with Crippen molar-refractivity contribution >= 4 is 5.78 Å². The Hall–Kier alpha value is -1.29. The summed E-state index contributed by atoms with van der Waals surface area (Å²) in [6.45, 7) is 4.63. The molecule has 1 aromatic rings. The normalized spacial score (nSPS) is 24.4. The van der Waals surface area contributed by atoms with E-state index >= 15 is 0 Å². The van der Waals surface area contributed by atoms with Gasteiger partial charge in [0.15, 0.2) is 5.78 Å². The number of aryl methyl sites for hydroxylation is 2. The molecule has 4 nitrogen and oxygen atoms in total. The number of hydrogen-bond donors (Lipinski definition) is 0. The largest absolute Gasteiger partial charge is 0.375 e. The van der Waals surface area contributed by atoms with E-state index in [9.17, 15) is 4.79 Å². The van der Waals surface area contributed by atoms with E-state index in [0.717, 1.165) is 55.7 Å². The average molecular weight is 274 g/mol. The SMILES string of the molecule is CCc1nnc(C)cc1C(=O)C1CCOC2(CCC2)C1. The predicted octanol–water partition coefficient (Wildman–Crippen LogP) is 2.88. The van der Waals surface area contributed by atoms with E-state index in [4.69, 9.17) is 4.74 Å². The van der Waals surface area contributed by atoms with E-state index in [1.165, 1.54) is 6.42 Å². The fraction of sp³-hybridized carbons (Fsp3) is 0.688. The summed E-state index contributed by atoms with van der Waals surface area (Å²) >= 11 is 0. The summed E-state index contributed by atoms with van der Waals surface area (Å²) < 4.78 is 5.92. The van der Waals surface area contributed by atoms with Gasteiger partial charge >= 0.3 is 0 Å². The van der Waals surface area contributed by atoms with Crippen LogP contribution in [0.2, 0.25) is 0 Å². The predicted molar refractivity (Wildman–Crippen MR) is 75.7 cm³/mol. The minimum atomic E-state index is 0.0143. The van der Waals surface area contributed by atoms with E-state index in [2.05, 4.69) is 10.2 Å². The number of rotatable bonds is 3. The Kier molecular flexibility index (Phi) is 3.59. The smallest absolute Gasteiger partial charge is 0.168 e. The first-order valence-corrected chi connectivity index (χ1v) is 7.65. The fourth-order valence-electron chi connectivity index (χ4n) is 3.38. The van der Waals surface area contributed by atoms with Crippen molar-refractivity contribution in [3.05, 3.63) is 23.0 Å². The molecule has 1 saturated carbocycles. The molecular formula is C16H22N2O2. The second-order valence-electron chi connectivity index (χ2n) is 6.14. The number of Topliss-reactive ketones (excluding diaryl/α,β-unsaturated/α-hetero) is 1. The Balaban J connectivity index is 1.83.